The molecule has 84 valence electrons. The molecule has 0 aliphatic rings. The molecule has 0 saturated carbocycles. The maximum Gasteiger partial charge on any atom is 0.119 e. The Kier molecular flexibility index (Phi) is 5.12. The van der Waals surface area contributed by atoms with E-state index in [0.29, 0.717) is 5.92 Å². The highest BCUT2D eigenvalue weighted by atomic mass is 79.9. The fourth-order valence-electron chi connectivity index (χ4n) is 1.48. The highest BCUT2D eigenvalue weighted by molar-refractivity contribution is 9.10. The van der Waals surface area contributed by atoms with Crippen LogP contribution in [0.1, 0.15) is 18.9 Å². The quantitative estimate of drug-likeness (QED) is 0.893. The molecule has 0 bridgehead atoms. The van der Waals surface area contributed by atoms with Gasteiger partial charge in [-0.15, -0.1) is 0 Å². The zero-order chi connectivity index (χ0) is 11.3. The SMILES string of the molecule is CCC(CO)Cc1cc(OC)ccc1Br. The van der Waals surface area contributed by atoms with Crippen molar-refractivity contribution in [3.05, 3.63) is 28.2 Å². The van der Waals surface area contributed by atoms with Crippen LogP contribution in [-0.4, -0.2) is 18.8 Å². The lowest BCUT2D eigenvalue weighted by Crippen LogP contribution is -2.08. The standard InChI is InChI=1S/C12H17BrO2/c1-3-9(8-14)6-10-7-11(15-2)4-5-12(10)13/h4-5,7,9,14H,3,6,8H2,1-2H3. The van der Waals surface area contributed by atoms with Gasteiger partial charge in [-0.3, -0.25) is 0 Å². The molecule has 0 saturated heterocycles. The lowest BCUT2D eigenvalue weighted by Gasteiger charge is -2.13. The predicted molar refractivity (Wildman–Crippen MR) is 65.3 cm³/mol. The van der Waals surface area contributed by atoms with E-state index >= 15 is 0 Å². The van der Waals surface area contributed by atoms with Crippen molar-refractivity contribution in [2.24, 2.45) is 5.92 Å². The van der Waals surface area contributed by atoms with Crippen molar-refractivity contribution in [1.29, 1.82) is 0 Å². The van der Waals surface area contributed by atoms with Crippen molar-refractivity contribution < 1.29 is 9.84 Å². The maximum absolute atomic E-state index is 9.16. The molecule has 0 spiro atoms. The van der Waals surface area contributed by atoms with Crippen LogP contribution in [0.3, 0.4) is 0 Å². The van der Waals surface area contributed by atoms with Gasteiger partial charge in [0.25, 0.3) is 0 Å². The van der Waals surface area contributed by atoms with Crippen molar-refractivity contribution in [3.8, 4) is 5.75 Å². The number of methoxy groups -OCH3 is 1. The molecule has 1 rings (SSSR count). The van der Waals surface area contributed by atoms with Crippen molar-refractivity contribution in [3.63, 3.8) is 0 Å². The van der Waals surface area contributed by atoms with Crippen molar-refractivity contribution >= 4 is 15.9 Å². The number of hydrogen-bond acceptors (Lipinski definition) is 2. The van der Waals surface area contributed by atoms with Gasteiger partial charge < -0.3 is 9.84 Å². The Morgan fingerprint density at radius 2 is 2.20 bits per heavy atom. The fraction of sp³-hybridized carbons (Fsp3) is 0.500. The summed E-state index contributed by atoms with van der Waals surface area (Å²) < 4.78 is 6.25. The number of aliphatic hydroxyl groups excluding tert-OH is 1. The van der Waals surface area contributed by atoms with E-state index in [9.17, 15) is 0 Å². The minimum absolute atomic E-state index is 0.236. The second-order valence-electron chi connectivity index (χ2n) is 3.62. The fourth-order valence-corrected chi connectivity index (χ4v) is 1.89. The maximum atomic E-state index is 9.16. The minimum Gasteiger partial charge on any atom is -0.497 e. The highest BCUT2D eigenvalue weighted by Crippen LogP contribution is 2.25. The van der Waals surface area contributed by atoms with E-state index < -0.39 is 0 Å². The smallest absolute Gasteiger partial charge is 0.119 e. The van der Waals surface area contributed by atoms with E-state index in [1.54, 1.807) is 7.11 Å². The lowest BCUT2D eigenvalue weighted by molar-refractivity contribution is 0.222. The Bertz CT molecular complexity index is 308. The minimum atomic E-state index is 0.236. The van der Waals surface area contributed by atoms with Gasteiger partial charge in [0, 0.05) is 11.1 Å². The molecule has 0 amide bonds. The first-order valence-corrected chi connectivity index (χ1v) is 5.93. The van der Waals surface area contributed by atoms with Gasteiger partial charge in [0.05, 0.1) is 7.11 Å². The first kappa shape index (κ1) is 12.5. The van der Waals surface area contributed by atoms with Gasteiger partial charge in [-0.05, 0) is 36.1 Å². The van der Waals surface area contributed by atoms with Gasteiger partial charge in [0.1, 0.15) is 5.75 Å². The average molecular weight is 273 g/mol. The van der Waals surface area contributed by atoms with Crippen LogP contribution in [-0.2, 0) is 6.42 Å². The predicted octanol–water partition coefficient (Wildman–Crippen LogP) is 3.02. The third-order valence-corrected chi connectivity index (χ3v) is 3.37. The first-order valence-electron chi connectivity index (χ1n) is 5.14. The third-order valence-electron chi connectivity index (χ3n) is 2.60. The molecule has 0 aliphatic carbocycles. The number of hydrogen-bond donors (Lipinski definition) is 1. The molecular formula is C12H17BrO2. The summed E-state index contributed by atoms with van der Waals surface area (Å²) in [5.74, 6) is 1.19. The normalized spacial score (nSPS) is 12.5. The van der Waals surface area contributed by atoms with Crippen LogP contribution in [0.15, 0.2) is 22.7 Å². The Morgan fingerprint density at radius 1 is 1.47 bits per heavy atom. The molecule has 0 heterocycles. The Labute approximate surface area is 99.4 Å². The van der Waals surface area contributed by atoms with E-state index in [0.717, 1.165) is 23.1 Å². The summed E-state index contributed by atoms with van der Waals surface area (Å²) in [5.41, 5.74) is 1.19. The number of aliphatic hydroxyl groups is 1. The molecule has 15 heavy (non-hydrogen) atoms. The summed E-state index contributed by atoms with van der Waals surface area (Å²) in [6.07, 6.45) is 1.87. The van der Waals surface area contributed by atoms with Crippen LogP contribution in [0.25, 0.3) is 0 Å². The summed E-state index contributed by atoms with van der Waals surface area (Å²) >= 11 is 3.51. The molecule has 0 radical (unpaired) electrons. The van der Waals surface area contributed by atoms with Crippen LogP contribution in [0.4, 0.5) is 0 Å². The van der Waals surface area contributed by atoms with Crippen LogP contribution < -0.4 is 4.74 Å². The van der Waals surface area contributed by atoms with Crippen molar-refractivity contribution in [2.75, 3.05) is 13.7 Å². The van der Waals surface area contributed by atoms with Crippen LogP contribution in [0, 0.1) is 5.92 Å². The second-order valence-corrected chi connectivity index (χ2v) is 4.47. The summed E-state index contributed by atoms with van der Waals surface area (Å²) in [6, 6.07) is 5.92. The van der Waals surface area contributed by atoms with Gasteiger partial charge in [-0.2, -0.15) is 0 Å². The van der Waals surface area contributed by atoms with E-state index in [1.165, 1.54) is 5.56 Å². The Morgan fingerprint density at radius 3 is 2.73 bits per heavy atom. The van der Waals surface area contributed by atoms with Crippen LogP contribution in [0.2, 0.25) is 0 Å². The van der Waals surface area contributed by atoms with Crippen LogP contribution >= 0.6 is 15.9 Å². The van der Waals surface area contributed by atoms with E-state index in [1.807, 2.05) is 18.2 Å². The molecule has 1 aromatic carbocycles. The van der Waals surface area contributed by atoms with E-state index in [-0.39, 0.29) is 6.61 Å². The number of halogens is 1. The van der Waals surface area contributed by atoms with Gasteiger partial charge in [-0.1, -0.05) is 29.3 Å². The Hall–Kier alpha value is -0.540. The molecule has 1 atom stereocenters. The molecule has 1 N–H and O–H groups in total. The molecule has 0 aliphatic heterocycles. The Balaban J connectivity index is 2.82. The zero-order valence-corrected chi connectivity index (χ0v) is 10.8. The van der Waals surface area contributed by atoms with E-state index in [2.05, 4.69) is 22.9 Å². The van der Waals surface area contributed by atoms with E-state index in [4.69, 9.17) is 9.84 Å². The molecule has 2 nitrogen and oxygen atoms in total. The summed E-state index contributed by atoms with van der Waals surface area (Å²) in [6.45, 7) is 2.33. The summed E-state index contributed by atoms with van der Waals surface area (Å²) in [7, 11) is 1.66. The molecule has 3 heteroatoms. The highest BCUT2D eigenvalue weighted by Gasteiger charge is 2.09. The zero-order valence-electron chi connectivity index (χ0n) is 9.16. The summed E-state index contributed by atoms with van der Waals surface area (Å²) in [5, 5.41) is 9.16. The summed E-state index contributed by atoms with van der Waals surface area (Å²) in [4.78, 5) is 0. The molecule has 1 unspecified atom stereocenters. The van der Waals surface area contributed by atoms with Crippen molar-refractivity contribution in [2.45, 2.75) is 19.8 Å². The largest absolute Gasteiger partial charge is 0.497 e. The second kappa shape index (κ2) is 6.13. The number of ether oxygens (including phenoxy) is 1. The molecule has 0 fully saturated rings. The van der Waals surface area contributed by atoms with Gasteiger partial charge in [0.15, 0.2) is 0 Å². The number of benzene rings is 1. The molecule has 0 aromatic heterocycles. The monoisotopic (exact) mass is 272 g/mol. The molecular weight excluding hydrogens is 256 g/mol. The number of rotatable bonds is 5. The molecule has 1 aromatic rings. The average Bonchev–Trinajstić information content (AvgIpc) is 2.28. The van der Waals surface area contributed by atoms with Crippen molar-refractivity contribution in [1.82, 2.24) is 0 Å². The first-order chi connectivity index (χ1) is 7.21. The topological polar surface area (TPSA) is 29.5 Å². The van der Waals surface area contributed by atoms with Gasteiger partial charge >= 0.3 is 0 Å². The third kappa shape index (κ3) is 3.50. The lowest BCUT2D eigenvalue weighted by atomic mass is 9.98. The van der Waals surface area contributed by atoms with Gasteiger partial charge in [-0.25, -0.2) is 0 Å². The van der Waals surface area contributed by atoms with Crippen LogP contribution in [0.5, 0.6) is 5.75 Å². The van der Waals surface area contributed by atoms with Gasteiger partial charge in [0.2, 0.25) is 0 Å².